The van der Waals surface area contributed by atoms with E-state index in [2.05, 4.69) is 0 Å². The molecule has 12 heavy (non-hydrogen) atoms. The largest absolute Gasteiger partial charge is 0.481 e. The molecule has 0 heterocycles. The number of carboxylic acid groups (broad SMARTS) is 1. The zero-order valence-electron chi connectivity index (χ0n) is 7.54. The molecule has 1 N–H and O–H groups in total. The summed E-state index contributed by atoms with van der Waals surface area (Å²) < 4.78 is 0. The van der Waals surface area contributed by atoms with Gasteiger partial charge >= 0.3 is 5.97 Å². The van der Waals surface area contributed by atoms with Gasteiger partial charge in [-0.15, -0.1) is 0 Å². The third kappa shape index (κ3) is 4.71. The molecule has 0 rings (SSSR count). The Hall–Kier alpha value is -1.06. The molecule has 0 saturated carbocycles. The Labute approximate surface area is 72.2 Å². The highest BCUT2D eigenvalue weighted by Gasteiger charge is 2.11. The number of hydrogen-bond acceptors (Lipinski definition) is 2. The molecule has 0 atom stereocenters. The minimum absolute atomic E-state index is 0.323. The number of rotatable bonds is 5. The number of carbonyl (C=O) groups is 2. The van der Waals surface area contributed by atoms with E-state index >= 15 is 0 Å². The number of carbonyl (C=O) groups excluding carboxylic acids is 1. The molecule has 0 aliphatic heterocycles. The predicted octanol–water partition coefficient (Wildman–Crippen LogP) is 0.720. The van der Waals surface area contributed by atoms with Gasteiger partial charge in [-0.2, -0.15) is 0 Å². The van der Waals surface area contributed by atoms with Gasteiger partial charge in [0.05, 0.1) is 0 Å². The van der Waals surface area contributed by atoms with Crippen LogP contribution in [0.1, 0.15) is 26.2 Å². The second kappa shape index (κ2) is 5.57. The van der Waals surface area contributed by atoms with Crippen LogP contribution in [0.15, 0.2) is 0 Å². The summed E-state index contributed by atoms with van der Waals surface area (Å²) in [5.41, 5.74) is 0. The van der Waals surface area contributed by atoms with Gasteiger partial charge in [-0.25, -0.2) is 0 Å². The molecule has 0 spiro atoms. The summed E-state index contributed by atoms with van der Waals surface area (Å²) in [6.07, 6.45) is 1.52. The molecule has 0 aromatic carbocycles. The van der Waals surface area contributed by atoms with Gasteiger partial charge in [-0.3, -0.25) is 9.59 Å². The average molecular weight is 173 g/mol. The monoisotopic (exact) mass is 173 g/mol. The van der Waals surface area contributed by atoms with Crippen LogP contribution >= 0.6 is 0 Å². The van der Waals surface area contributed by atoms with Gasteiger partial charge in [0.25, 0.3) is 0 Å². The van der Waals surface area contributed by atoms with Crippen molar-refractivity contribution in [3.63, 3.8) is 0 Å². The first kappa shape index (κ1) is 10.9. The topological polar surface area (TPSA) is 57.6 Å². The summed E-state index contributed by atoms with van der Waals surface area (Å²) in [7, 11) is 1.63. The van der Waals surface area contributed by atoms with Crippen LogP contribution in [0.5, 0.6) is 0 Å². The molecule has 0 saturated heterocycles. The molecule has 0 aromatic rings. The fourth-order valence-electron chi connectivity index (χ4n) is 0.784. The number of nitrogens with zero attached hydrogens (tertiary/aromatic N) is 1. The van der Waals surface area contributed by atoms with Gasteiger partial charge in [-0.1, -0.05) is 13.3 Å². The van der Waals surface area contributed by atoms with E-state index in [0.29, 0.717) is 6.54 Å². The zero-order chi connectivity index (χ0) is 9.56. The van der Waals surface area contributed by atoms with Crippen LogP contribution in [0.4, 0.5) is 0 Å². The van der Waals surface area contributed by atoms with Crippen LogP contribution in [0.3, 0.4) is 0 Å². The number of unbranched alkanes of at least 4 members (excludes halogenated alkanes) is 1. The molecule has 0 aliphatic carbocycles. The molecular formula is C8H15NO3. The second-order valence-corrected chi connectivity index (χ2v) is 2.74. The first-order chi connectivity index (χ1) is 5.57. The number of carboxylic acids is 1. The van der Waals surface area contributed by atoms with Crippen molar-refractivity contribution in [3.8, 4) is 0 Å². The Morgan fingerprint density at radius 3 is 2.42 bits per heavy atom. The Kier molecular flexibility index (Phi) is 5.08. The van der Waals surface area contributed by atoms with E-state index in [9.17, 15) is 9.59 Å². The quantitative estimate of drug-likeness (QED) is 0.623. The third-order valence-electron chi connectivity index (χ3n) is 1.58. The van der Waals surface area contributed by atoms with Crippen LogP contribution in [0.25, 0.3) is 0 Å². The van der Waals surface area contributed by atoms with Crippen molar-refractivity contribution in [1.29, 1.82) is 0 Å². The van der Waals surface area contributed by atoms with E-state index in [1.807, 2.05) is 6.92 Å². The van der Waals surface area contributed by atoms with Crippen molar-refractivity contribution >= 4 is 11.9 Å². The van der Waals surface area contributed by atoms with E-state index in [1.165, 1.54) is 4.90 Å². The molecule has 0 aromatic heterocycles. The molecule has 70 valence electrons. The predicted molar refractivity (Wildman–Crippen MR) is 44.8 cm³/mol. The lowest BCUT2D eigenvalue weighted by Crippen LogP contribution is -2.29. The summed E-state index contributed by atoms with van der Waals surface area (Å²) in [4.78, 5) is 22.6. The van der Waals surface area contributed by atoms with Crippen LogP contribution in [0, 0.1) is 0 Å². The van der Waals surface area contributed by atoms with E-state index in [4.69, 9.17) is 5.11 Å². The Balaban J connectivity index is 3.69. The lowest BCUT2D eigenvalue weighted by molar-refractivity contribution is -0.143. The average Bonchev–Trinajstić information content (AvgIpc) is 1.98. The summed E-state index contributed by atoms with van der Waals surface area (Å²) in [6.45, 7) is 2.66. The Morgan fingerprint density at radius 1 is 1.42 bits per heavy atom. The highest BCUT2D eigenvalue weighted by molar-refractivity contribution is 5.93. The molecular weight excluding hydrogens is 158 g/mol. The molecule has 4 nitrogen and oxygen atoms in total. The van der Waals surface area contributed by atoms with Crippen LogP contribution in [-0.4, -0.2) is 35.5 Å². The first-order valence-electron chi connectivity index (χ1n) is 4.03. The van der Waals surface area contributed by atoms with Crippen molar-refractivity contribution in [1.82, 2.24) is 4.90 Å². The maximum atomic E-state index is 11.0. The van der Waals surface area contributed by atoms with Gasteiger partial charge in [0.1, 0.15) is 6.42 Å². The van der Waals surface area contributed by atoms with Gasteiger partial charge < -0.3 is 10.0 Å². The van der Waals surface area contributed by atoms with Crippen molar-refractivity contribution in [2.45, 2.75) is 26.2 Å². The molecule has 1 amide bonds. The fourth-order valence-corrected chi connectivity index (χ4v) is 0.784. The number of hydrogen-bond donors (Lipinski definition) is 1. The van der Waals surface area contributed by atoms with Gasteiger partial charge in [0.15, 0.2) is 0 Å². The lowest BCUT2D eigenvalue weighted by atomic mass is 10.3. The molecule has 4 heteroatoms. The molecule has 0 unspecified atom stereocenters. The third-order valence-corrected chi connectivity index (χ3v) is 1.58. The maximum Gasteiger partial charge on any atom is 0.312 e. The Morgan fingerprint density at radius 2 is 2.00 bits per heavy atom. The summed E-state index contributed by atoms with van der Waals surface area (Å²) in [5, 5.41) is 8.31. The SMILES string of the molecule is CCCCN(C)C(=O)CC(=O)O. The van der Waals surface area contributed by atoms with Gasteiger partial charge in [-0.05, 0) is 6.42 Å². The Bertz CT molecular complexity index is 168. The molecule has 0 bridgehead atoms. The molecule has 0 fully saturated rings. The second-order valence-electron chi connectivity index (χ2n) is 2.74. The van der Waals surface area contributed by atoms with Gasteiger partial charge in [0, 0.05) is 13.6 Å². The summed E-state index contributed by atoms with van der Waals surface area (Å²) >= 11 is 0. The van der Waals surface area contributed by atoms with Gasteiger partial charge in [0.2, 0.25) is 5.91 Å². The lowest BCUT2D eigenvalue weighted by Gasteiger charge is -2.14. The summed E-state index contributed by atoms with van der Waals surface area (Å²) in [6, 6.07) is 0. The van der Waals surface area contributed by atoms with Crippen molar-refractivity contribution < 1.29 is 14.7 Å². The van der Waals surface area contributed by atoms with Crippen molar-refractivity contribution in [2.75, 3.05) is 13.6 Å². The van der Waals surface area contributed by atoms with Crippen molar-refractivity contribution in [3.05, 3.63) is 0 Å². The standard InChI is InChI=1S/C8H15NO3/c1-3-4-5-9(2)7(10)6-8(11)12/h3-6H2,1-2H3,(H,11,12). The zero-order valence-corrected chi connectivity index (χ0v) is 7.54. The minimum Gasteiger partial charge on any atom is -0.481 e. The number of aliphatic carboxylic acids is 1. The normalized spacial score (nSPS) is 9.50. The van der Waals surface area contributed by atoms with E-state index < -0.39 is 12.4 Å². The van der Waals surface area contributed by atoms with E-state index in [1.54, 1.807) is 7.05 Å². The first-order valence-corrected chi connectivity index (χ1v) is 4.03. The van der Waals surface area contributed by atoms with Crippen LogP contribution < -0.4 is 0 Å². The smallest absolute Gasteiger partial charge is 0.312 e. The molecule has 0 aliphatic rings. The highest BCUT2D eigenvalue weighted by Crippen LogP contribution is 1.95. The fraction of sp³-hybridized carbons (Fsp3) is 0.750. The van der Waals surface area contributed by atoms with Crippen LogP contribution in [-0.2, 0) is 9.59 Å². The maximum absolute atomic E-state index is 11.0. The minimum atomic E-state index is -1.07. The number of amides is 1. The molecule has 0 radical (unpaired) electrons. The van der Waals surface area contributed by atoms with E-state index in [0.717, 1.165) is 12.8 Å². The summed E-state index contributed by atoms with van der Waals surface area (Å²) in [5.74, 6) is -1.39. The van der Waals surface area contributed by atoms with E-state index in [-0.39, 0.29) is 5.91 Å². The van der Waals surface area contributed by atoms with Crippen molar-refractivity contribution in [2.24, 2.45) is 0 Å². The highest BCUT2D eigenvalue weighted by atomic mass is 16.4. The van der Waals surface area contributed by atoms with Crippen LogP contribution in [0.2, 0.25) is 0 Å².